The smallest absolute Gasteiger partial charge is 0.158 e. The van der Waals surface area contributed by atoms with Crippen molar-refractivity contribution in [3.8, 4) is 6.07 Å². The van der Waals surface area contributed by atoms with Crippen molar-refractivity contribution in [2.24, 2.45) is 0 Å². The molecule has 0 N–H and O–H groups in total. The first-order valence-electron chi connectivity index (χ1n) is 3.83. The number of carbonyl (C=O) groups excluding carboxylic acids is 1. The van der Waals surface area contributed by atoms with Crippen LogP contribution in [0.15, 0.2) is 24.3 Å². The molecule has 1 aliphatic rings. The molecule has 2 heteroatoms. The fourth-order valence-electron chi connectivity index (χ4n) is 1.58. The van der Waals surface area contributed by atoms with Crippen LogP contribution in [0.3, 0.4) is 0 Å². The summed E-state index contributed by atoms with van der Waals surface area (Å²) in [7, 11) is 0. The topological polar surface area (TPSA) is 40.9 Å². The lowest BCUT2D eigenvalue weighted by Gasteiger charge is -1.97. The molecule has 1 aliphatic carbocycles. The van der Waals surface area contributed by atoms with Gasteiger partial charge in [-0.2, -0.15) is 5.26 Å². The van der Waals surface area contributed by atoms with E-state index >= 15 is 0 Å². The third-order valence-electron chi connectivity index (χ3n) is 2.18. The van der Waals surface area contributed by atoms with Gasteiger partial charge < -0.3 is 0 Å². The quantitative estimate of drug-likeness (QED) is 0.571. The zero-order chi connectivity index (χ0) is 8.55. The van der Waals surface area contributed by atoms with E-state index in [1.807, 2.05) is 30.3 Å². The highest BCUT2D eigenvalue weighted by Crippen LogP contribution is 2.28. The molecule has 2 rings (SSSR count). The van der Waals surface area contributed by atoms with E-state index in [2.05, 4.69) is 0 Å². The molecule has 0 bridgehead atoms. The van der Waals surface area contributed by atoms with Gasteiger partial charge in [-0.15, -0.1) is 0 Å². The summed E-state index contributed by atoms with van der Waals surface area (Å²) in [5.41, 5.74) is 1.90. The summed E-state index contributed by atoms with van der Waals surface area (Å²) in [5, 5.41) is 8.71. The number of benzene rings is 1. The minimum atomic E-state index is -0.513. The van der Waals surface area contributed by atoms with E-state index in [9.17, 15) is 4.79 Å². The fraction of sp³-hybridized carbons (Fsp3) is 0.200. The zero-order valence-electron chi connectivity index (χ0n) is 6.45. The Balaban J connectivity index is 2.56. The molecule has 2 nitrogen and oxygen atoms in total. The molecule has 0 fully saturated rings. The highest BCUT2D eigenvalue weighted by molar-refractivity contribution is 5.94. The molecule has 0 spiro atoms. The number of hydrogen-bond acceptors (Lipinski definition) is 2. The molecule has 0 aliphatic heterocycles. The van der Waals surface area contributed by atoms with Crippen molar-refractivity contribution in [3.63, 3.8) is 0 Å². The first-order chi connectivity index (χ1) is 5.83. The van der Waals surface area contributed by atoms with Crippen LogP contribution in [-0.4, -0.2) is 5.78 Å². The first kappa shape index (κ1) is 7.05. The first-order valence-corrected chi connectivity index (χ1v) is 3.83. The number of fused-ring (bicyclic) bond motifs is 1. The van der Waals surface area contributed by atoms with Crippen LogP contribution in [0.5, 0.6) is 0 Å². The molecular formula is C10H7NO. The van der Waals surface area contributed by atoms with E-state index in [1.54, 1.807) is 0 Å². The molecule has 0 saturated carbocycles. The van der Waals surface area contributed by atoms with Gasteiger partial charge in [-0.05, 0) is 11.1 Å². The minimum absolute atomic E-state index is 0.0266. The predicted molar refractivity (Wildman–Crippen MR) is 43.5 cm³/mol. The van der Waals surface area contributed by atoms with Gasteiger partial charge in [0.25, 0.3) is 0 Å². The Hall–Kier alpha value is -1.62. The van der Waals surface area contributed by atoms with Crippen LogP contribution in [-0.2, 0) is 11.2 Å². The monoisotopic (exact) mass is 157 g/mol. The largest absolute Gasteiger partial charge is 0.297 e. The van der Waals surface area contributed by atoms with E-state index < -0.39 is 5.92 Å². The molecule has 1 unspecified atom stereocenters. The van der Waals surface area contributed by atoms with E-state index in [4.69, 9.17) is 5.26 Å². The second-order valence-corrected chi connectivity index (χ2v) is 2.90. The number of hydrogen-bond donors (Lipinski definition) is 0. The Labute approximate surface area is 70.4 Å². The summed E-state index contributed by atoms with van der Waals surface area (Å²) in [6, 6.07) is 9.54. The van der Waals surface area contributed by atoms with Gasteiger partial charge in [-0.3, -0.25) is 4.79 Å². The molecule has 1 aromatic rings. The summed E-state index contributed by atoms with van der Waals surface area (Å²) in [6.45, 7) is 0. The number of carbonyl (C=O) groups is 1. The normalized spacial score (nSPS) is 20.2. The van der Waals surface area contributed by atoms with Crippen LogP contribution >= 0.6 is 0 Å². The summed E-state index contributed by atoms with van der Waals surface area (Å²) in [6.07, 6.45) is 0.425. The number of ketones is 1. The molecular weight excluding hydrogens is 150 g/mol. The van der Waals surface area contributed by atoms with Gasteiger partial charge >= 0.3 is 0 Å². The Morgan fingerprint density at radius 3 is 2.92 bits per heavy atom. The zero-order valence-corrected chi connectivity index (χ0v) is 6.45. The Morgan fingerprint density at radius 1 is 1.42 bits per heavy atom. The lowest BCUT2D eigenvalue weighted by atomic mass is 10.0. The van der Waals surface area contributed by atoms with E-state index in [0.717, 1.165) is 11.1 Å². The van der Waals surface area contributed by atoms with E-state index in [1.165, 1.54) is 0 Å². The van der Waals surface area contributed by atoms with Crippen LogP contribution in [0.25, 0.3) is 0 Å². The number of nitrogens with zero attached hydrogens (tertiary/aromatic N) is 1. The summed E-state index contributed by atoms with van der Waals surface area (Å²) in [4.78, 5) is 11.2. The Kier molecular flexibility index (Phi) is 1.44. The molecule has 0 saturated heterocycles. The van der Waals surface area contributed by atoms with Gasteiger partial charge in [0, 0.05) is 6.42 Å². The third kappa shape index (κ3) is 0.835. The van der Waals surface area contributed by atoms with Gasteiger partial charge in [0.1, 0.15) is 5.92 Å². The molecule has 1 atom stereocenters. The highest BCUT2D eigenvalue weighted by atomic mass is 16.1. The third-order valence-corrected chi connectivity index (χ3v) is 2.18. The van der Waals surface area contributed by atoms with E-state index in [0.29, 0.717) is 6.42 Å². The fourth-order valence-corrected chi connectivity index (χ4v) is 1.58. The summed E-state index contributed by atoms with van der Waals surface area (Å²) in [5.74, 6) is -0.486. The molecule has 0 radical (unpaired) electrons. The molecule has 12 heavy (non-hydrogen) atoms. The summed E-state index contributed by atoms with van der Waals surface area (Å²) >= 11 is 0. The molecule has 58 valence electrons. The van der Waals surface area contributed by atoms with Crippen molar-refractivity contribution < 1.29 is 4.79 Å². The van der Waals surface area contributed by atoms with Crippen molar-refractivity contribution in [3.05, 3.63) is 35.4 Å². The van der Waals surface area contributed by atoms with Gasteiger partial charge in [-0.1, -0.05) is 24.3 Å². The number of Topliss-reactive ketones (excluding diaryl/α,β-unsaturated/α-hetero) is 1. The average Bonchev–Trinajstić information content (AvgIpc) is 2.40. The van der Waals surface area contributed by atoms with E-state index in [-0.39, 0.29) is 5.78 Å². The second-order valence-electron chi connectivity index (χ2n) is 2.90. The SMILES string of the molecule is N#CC1C(=O)Cc2ccccc21. The second kappa shape index (κ2) is 2.46. The van der Waals surface area contributed by atoms with Crippen LogP contribution in [0.4, 0.5) is 0 Å². The molecule has 0 aromatic heterocycles. The lowest BCUT2D eigenvalue weighted by Crippen LogP contribution is -2.02. The van der Waals surface area contributed by atoms with Crippen molar-refractivity contribution in [2.45, 2.75) is 12.3 Å². The average molecular weight is 157 g/mol. The number of nitriles is 1. The summed E-state index contributed by atoms with van der Waals surface area (Å²) < 4.78 is 0. The Morgan fingerprint density at radius 2 is 2.17 bits per heavy atom. The maximum absolute atomic E-state index is 11.2. The van der Waals surface area contributed by atoms with Crippen molar-refractivity contribution >= 4 is 5.78 Å². The minimum Gasteiger partial charge on any atom is -0.297 e. The molecule has 1 aromatic carbocycles. The lowest BCUT2D eigenvalue weighted by molar-refractivity contribution is -0.117. The van der Waals surface area contributed by atoms with Crippen molar-refractivity contribution in [2.75, 3.05) is 0 Å². The maximum atomic E-state index is 11.2. The van der Waals surface area contributed by atoms with Gasteiger partial charge in [-0.25, -0.2) is 0 Å². The van der Waals surface area contributed by atoms with Gasteiger partial charge in [0.2, 0.25) is 0 Å². The standard InChI is InChI=1S/C10H7NO/c11-6-9-8-4-2-1-3-7(8)5-10(9)12/h1-4,9H,5H2. The maximum Gasteiger partial charge on any atom is 0.158 e. The van der Waals surface area contributed by atoms with Crippen LogP contribution in [0, 0.1) is 11.3 Å². The van der Waals surface area contributed by atoms with Crippen LogP contribution < -0.4 is 0 Å². The van der Waals surface area contributed by atoms with Crippen molar-refractivity contribution in [1.29, 1.82) is 5.26 Å². The number of rotatable bonds is 0. The predicted octanol–water partition coefficient (Wildman–Crippen LogP) is 1.42. The highest BCUT2D eigenvalue weighted by Gasteiger charge is 2.29. The molecule has 0 amide bonds. The van der Waals surface area contributed by atoms with Gasteiger partial charge in [0.15, 0.2) is 5.78 Å². The van der Waals surface area contributed by atoms with Gasteiger partial charge in [0.05, 0.1) is 6.07 Å². The Bertz CT molecular complexity index is 376. The van der Waals surface area contributed by atoms with Crippen LogP contribution in [0.2, 0.25) is 0 Å². The van der Waals surface area contributed by atoms with Crippen LogP contribution in [0.1, 0.15) is 17.0 Å². The van der Waals surface area contributed by atoms with Crippen molar-refractivity contribution in [1.82, 2.24) is 0 Å². The molecule has 0 heterocycles.